The first-order chi connectivity index (χ1) is 8.65. The third kappa shape index (κ3) is 1.61. The fraction of sp³-hybridized carbons (Fsp3) is 0.0667. The molecule has 0 unspecified atom stereocenters. The van der Waals surface area contributed by atoms with Crippen LogP contribution in [0.3, 0.4) is 0 Å². The van der Waals surface area contributed by atoms with Crippen LogP contribution in [0.4, 0.5) is 0 Å². The predicted octanol–water partition coefficient (Wildman–Crippen LogP) is 3.55. The van der Waals surface area contributed by atoms with Crippen LogP contribution in [0.1, 0.15) is 5.56 Å². The number of phenols is 2. The van der Waals surface area contributed by atoms with E-state index in [0.29, 0.717) is 0 Å². The highest BCUT2D eigenvalue weighted by atomic mass is 16.3. The van der Waals surface area contributed by atoms with E-state index in [1.807, 2.05) is 25.1 Å². The van der Waals surface area contributed by atoms with E-state index in [2.05, 4.69) is 4.98 Å². The van der Waals surface area contributed by atoms with Gasteiger partial charge in [-0.15, -0.1) is 0 Å². The van der Waals surface area contributed by atoms with Gasteiger partial charge in [0.2, 0.25) is 0 Å². The highest BCUT2D eigenvalue weighted by Crippen LogP contribution is 2.32. The van der Waals surface area contributed by atoms with Gasteiger partial charge in [0.1, 0.15) is 11.5 Å². The number of aromatic nitrogens is 1. The summed E-state index contributed by atoms with van der Waals surface area (Å²) in [6, 6.07) is 12.4. The van der Waals surface area contributed by atoms with E-state index in [1.54, 1.807) is 24.3 Å². The van der Waals surface area contributed by atoms with Crippen molar-refractivity contribution in [3.8, 4) is 22.8 Å². The van der Waals surface area contributed by atoms with E-state index in [4.69, 9.17) is 0 Å². The molecule has 3 aromatic rings. The van der Waals surface area contributed by atoms with Gasteiger partial charge >= 0.3 is 0 Å². The number of fused-ring (bicyclic) bond motifs is 1. The Morgan fingerprint density at radius 2 is 1.72 bits per heavy atom. The lowest BCUT2D eigenvalue weighted by atomic mass is 10.1. The molecule has 0 spiro atoms. The first-order valence-electron chi connectivity index (χ1n) is 5.76. The Hall–Kier alpha value is -2.42. The highest BCUT2D eigenvalue weighted by Gasteiger charge is 2.10. The molecule has 0 radical (unpaired) electrons. The van der Waals surface area contributed by atoms with Crippen LogP contribution in [0.25, 0.3) is 22.2 Å². The number of nitrogens with one attached hydrogen (secondary N) is 1. The molecular weight excluding hydrogens is 226 g/mol. The Morgan fingerprint density at radius 1 is 0.944 bits per heavy atom. The number of H-pyrrole nitrogens is 1. The Bertz CT molecular complexity index is 728. The second-order valence-corrected chi connectivity index (χ2v) is 4.41. The van der Waals surface area contributed by atoms with Crippen LogP contribution in [-0.2, 0) is 0 Å². The molecule has 0 amide bonds. The van der Waals surface area contributed by atoms with Crippen molar-refractivity contribution < 1.29 is 10.2 Å². The van der Waals surface area contributed by atoms with E-state index in [1.165, 1.54) is 0 Å². The summed E-state index contributed by atoms with van der Waals surface area (Å²) in [6.45, 7) is 2.00. The van der Waals surface area contributed by atoms with Gasteiger partial charge in [-0.2, -0.15) is 0 Å². The minimum absolute atomic E-state index is 0.244. The number of hydrogen-bond acceptors (Lipinski definition) is 2. The second kappa shape index (κ2) is 3.81. The van der Waals surface area contributed by atoms with Crippen molar-refractivity contribution in [1.82, 2.24) is 4.98 Å². The lowest BCUT2D eigenvalue weighted by Gasteiger charge is -2.01. The third-order valence-electron chi connectivity index (χ3n) is 3.18. The van der Waals surface area contributed by atoms with E-state index < -0.39 is 0 Å². The molecular formula is C15H13NO2. The van der Waals surface area contributed by atoms with Gasteiger partial charge in [-0.3, -0.25) is 0 Å². The molecule has 3 heteroatoms. The van der Waals surface area contributed by atoms with Gasteiger partial charge in [0.15, 0.2) is 0 Å². The second-order valence-electron chi connectivity index (χ2n) is 4.41. The SMILES string of the molecule is Cc1c(-c2cccc(O)c2)[nH]c2ccc(O)cc12. The van der Waals surface area contributed by atoms with Crippen LogP contribution in [0.15, 0.2) is 42.5 Å². The first-order valence-corrected chi connectivity index (χ1v) is 5.76. The fourth-order valence-corrected chi connectivity index (χ4v) is 2.26. The predicted molar refractivity (Wildman–Crippen MR) is 71.8 cm³/mol. The maximum Gasteiger partial charge on any atom is 0.116 e. The largest absolute Gasteiger partial charge is 0.508 e. The van der Waals surface area contributed by atoms with E-state index in [0.717, 1.165) is 27.7 Å². The zero-order chi connectivity index (χ0) is 12.7. The van der Waals surface area contributed by atoms with Crippen LogP contribution < -0.4 is 0 Å². The molecule has 0 aliphatic heterocycles. The van der Waals surface area contributed by atoms with Crippen LogP contribution in [0.5, 0.6) is 11.5 Å². The maximum atomic E-state index is 9.53. The summed E-state index contributed by atoms with van der Waals surface area (Å²) >= 11 is 0. The molecule has 1 heterocycles. The minimum atomic E-state index is 0.244. The monoisotopic (exact) mass is 239 g/mol. The molecule has 3 N–H and O–H groups in total. The zero-order valence-electron chi connectivity index (χ0n) is 9.94. The Balaban J connectivity index is 2.27. The summed E-state index contributed by atoms with van der Waals surface area (Å²) in [7, 11) is 0. The van der Waals surface area contributed by atoms with Crippen molar-refractivity contribution in [2.75, 3.05) is 0 Å². The van der Waals surface area contributed by atoms with Crippen molar-refractivity contribution >= 4 is 10.9 Å². The van der Waals surface area contributed by atoms with Gasteiger partial charge in [0.25, 0.3) is 0 Å². The lowest BCUT2D eigenvalue weighted by molar-refractivity contribution is 0.475. The van der Waals surface area contributed by atoms with Gasteiger partial charge < -0.3 is 15.2 Å². The molecule has 1 aromatic heterocycles. The molecule has 18 heavy (non-hydrogen) atoms. The minimum Gasteiger partial charge on any atom is -0.508 e. The first kappa shape index (κ1) is 10.7. The summed E-state index contributed by atoms with van der Waals surface area (Å²) in [6.07, 6.45) is 0. The van der Waals surface area contributed by atoms with Crippen molar-refractivity contribution in [2.24, 2.45) is 0 Å². The molecule has 0 aliphatic rings. The van der Waals surface area contributed by atoms with Gasteiger partial charge in [-0.1, -0.05) is 12.1 Å². The molecule has 0 atom stereocenters. The van der Waals surface area contributed by atoms with Crippen molar-refractivity contribution in [1.29, 1.82) is 0 Å². The topological polar surface area (TPSA) is 56.2 Å². The third-order valence-corrected chi connectivity index (χ3v) is 3.18. The van der Waals surface area contributed by atoms with Crippen LogP contribution >= 0.6 is 0 Å². The molecule has 0 aliphatic carbocycles. The molecule has 0 saturated heterocycles. The number of phenolic OH excluding ortho intramolecular Hbond substituents is 2. The summed E-state index contributed by atoms with van der Waals surface area (Å²) in [5.41, 5.74) is 3.94. The van der Waals surface area contributed by atoms with Crippen molar-refractivity contribution in [3.05, 3.63) is 48.0 Å². The molecule has 0 saturated carbocycles. The van der Waals surface area contributed by atoms with E-state index >= 15 is 0 Å². The molecule has 0 fully saturated rings. The number of benzene rings is 2. The summed E-state index contributed by atoms with van der Waals surface area (Å²) in [5, 5.41) is 20.0. The zero-order valence-corrected chi connectivity index (χ0v) is 9.94. The van der Waals surface area contributed by atoms with Crippen molar-refractivity contribution in [3.63, 3.8) is 0 Å². The van der Waals surface area contributed by atoms with Crippen molar-refractivity contribution in [2.45, 2.75) is 6.92 Å². The fourth-order valence-electron chi connectivity index (χ4n) is 2.26. The molecule has 90 valence electrons. The van der Waals surface area contributed by atoms with Gasteiger partial charge in [0, 0.05) is 22.2 Å². The Labute approximate surface area is 104 Å². The van der Waals surface area contributed by atoms with Gasteiger partial charge in [0.05, 0.1) is 0 Å². The smallest absolute Gasteiger partial charge is 0.116 e. The quantitative estimate of drug-likeness (QED) is 0.608. The standard InChI is InChI=1S/C15H13NO2/c1-9-13-8-12(18)5-6-14(13)16-15(9)10-3-2-4-11(17)7-10/h2-8,16-18H,1H3. The molecule has 3 nitrogen and oxygen atoms in total. The summed E-state index contributed by atoms with van der Waals surface area (Å²) in [4.78, 5) is 3.31. The average Bonchev–Trinajstić information content (AvgIpc) is 2.67. The molecule has 3 rings (SSSR count). The number of rotatable bonds is 1. The summed E-state index contributed by atoms with van der Waals surface area (Å²) < 4.78 is 0. The summed E-state index contributed by atoms with van der Waals surface area (Å²) in [5.74, 6) is 0.500. The van der Waals surface area contributed by atoms with E-state index in [-0.39, 0.29) is 11.5 Å². The van der Waals surface area contributed by atoms with Gasteiger partial charge in [-0.25, -0.2) is 0 Å². The average molecular weight is 239 g/mol. The molecule has 2 aromatic carbocycles. The highest BCUT2D eigenvalue weighted by molar-refractivity contribution is 5.91. The lowest BCUT2D eigenvalue weighted by Crippen LogP contribution is -1.79. The number of aryl methyl sites for hydroxylation is 1. The number of aromatic hydroxyl groups is 2. The van der Waals surface area contributed by atoms with Crippen LogP contribution in [0.2, 0.25) is 0 Å². The normalized spacial score (nSPS) is 10.9. The van der Waals surface area contributed by atoms with Gasteiger partial charge in [-0.05, 0) is 42.8 Å². The van der Waals surface area contributed by atoms with E-state index in [9.17, 15) is 10.2 Å². The van der Waals surface area contributed by atoms with Crippen LogP contribution in [0, 0.1) is 6.92 Å². The number of aromatic amines is 1. The Morgan fingerprint density at radius 3 is 2.50 bits per heavy atom. The van der Waals surface area contributed by atoms with Crippen LogP contribution in [-0.4, -0.2) is 15.2 Å². The Kier molecular flexibility index (Phi) is 2.27. The number of hydrogen-bond donors (Lipinski definition) is 3. The molecule has 0 bridgehead atoms. The maximum absolute atomic E-state index is 9.53.